The molecule has 1 aliphatic heterocycles. The molecule has 3 heterocycles. The lowest BCUT2D eigenvalue weighted by molar-refractivity contribution is -0.111. The molecule has 0 aliphatic carbocycles. The summed E-state index contributed by atoms with van der Waals surface area (Å²) in [7, 11) is -7.21. The lowest BCUT2D eigenvalue weighted by atomic mass is 9.99. The molecule has 1 unspecified atom stereocenters. The molecule has 0 aromatic carbocycles. The maximum atomic E-state index is 15.1. The average Bonchev–Trinajstić information content (AvgIpc) is 3.18. The number of aryl methyl sites for hydroxylation is 1. The van der Waals surface area contributed by atoms with Gasteiger partial charge in [-0.25, -0.2) is 28.5 Å². The number of aliphatic hydroxyl groups excluding tert-OH is 1. The van der Waals surface area contributed by atoms with Crippen LogP contribution in [0, 0.1) is 6.92 Å². The van der Waals surface area contributed by atoms with Crippen LogP contribution in [0.3, 0.4) is 0 Å². The molecule has 0 amide bonds. The van der Waals surface area contributed by atoms with E-state index < -0.39 is 52.2 Å². The summed E-state index contributed by atoms with van der Waals surface area (Å²) in [5, 5.41) is 10.5. The average molecular weight is 520 g/mol. The molecule has 1 saturated heterocycles. The Kier molecular flexibility index (Phi) is 7.01. The number of ether oxygens (including phenoxy) is 1. The third-order valence-electron chi connectivity index (χ3n) is 4.59. The molecule has 4 N–H and O–H groups in total. The van der Waals surface area contributed by atoms with Gasteiger partial charge in [0.15, 0.2) is 29.4 Å². The van der Waals surface area contributed by atoms with Gasteiger partial charge in [0.2, 0.25) is 0 Å². The van der Waals surface area contributed by atoms with E-state index in [1.165, 1.54) is 10.9 Å². The van der Waals surface area contributed by atoms with E-state index in [0.29, 0.717) is 17.2 Å². The fourth-order valence-electron chi connectivity index (χ4n) is 3.15. The molecule has 1 aliphatic rings. The van der Waals surface area contributed by atoms with Gasteiger partial charge in [-0.05, 0) is 6.92 Å². The Morgan fingerprint density at radius 2 is 2.00 bits per heavy atom. The van der Waals surface area contributed by atoms with Gasteiger partial charge in [0.1, 0.15) is 17.5 Å². The van der Waals surface area contributed by atoms with E-state index in [1.54, 1.807) is 25.9 Å². The highest BCUT2D eigenvalue weighted by Crippen LogP contribution is 2.58. The number of fused-ring (bicyclic) bond motifs is 1. The zero-order valence-electron chi connectivity index (χ0n) is 16.9. The number of phosphoric ester groups is 1. The molecule has 2 aromatic heterocycles. The quantitative estimate of drug-likeness (QED) is 0.281. The van der Waals surface area contributed by atoms with Crippen LogP contribution in [-0.4, -0.2) is 83.8 Å². The Morgan fingerprint density at radius 3 is 2.56 bits per heavy atom. The molecular formula is C14H21ClFN5O9P2. The molecule has 0 bridgehead atoms. The van der Waals surface area contributed by atoms with E-state index in [-0.39, 0.29) is 5.65 Å². The van der Waals surface area contributed by atoms with Crippen molar-refractivity contribution in [3.63, 3.8) is 0 Å². The maximum Gasteiger partial charge on any atom is 0.481 e. The summed E-state index contributed by atoms with van der Waals surface area (Å²) in [6.07, 6.45) is -4.33. The molecule has 0 radical (unpaired) electrons. The minimum Gasteiger partial charge on any atom is -0.387 e. The first-order valence-electron chi connectivity index (χ1n) is 8.88. The van der Waals surface area contributed by atoms with Crippen LogP contribution in [0.1, 0.15) is 12.1 Å². The summed E-state index contributed by atoms with van der Waals surface area (Å²) in [6.45, 7) is 0.601. The van der Waals surface area contributed by atoms with Crippen molar-refractivity contribution in [2.45, 2.75) is 31.0 Å². The van der Waals surface area contributed by atoms with Crippen molar-refractivity contribution < 1.29 is 46.9 Å². The Labute approximate surface area is 185 Å². The second-order valence-corrected chi connectivity index (χ2v) is 10.3. The third kappa shape index (κ3) is 4.97. The third-order valence-corrected chi connectivity index (χ3v) is 7.17. The number of rotatable bonds is 8. The van der Waals surface area contributed by atoms with E-state index in [0.717, 1.165) is 0 Å². The number of aliphatic hydroxyl groups is 1. The van der Waals surface area contributed by atoms with E-state index in [2.05, 4.69) is 23.8 Å². The maximum absolute atomic E-state index is 15.1. The van der Waals surface area contributed by atoms with Gasteiger partial charge in [0, 0.05) is 14.1 Å². The summed E-state index contributed by atoms with van der Waals surface area (Å²) in [6, 6.07) is 0. The molecule has 1 fully saturated rings. The number of phosphoric acid groups is 2. The highest BCUT2D eigenvalue weighted by atomic mass is 35.5. The number of hydrogen-bond donors (Lipinski definition) is 4. The number of nitrogens with zero attached hydrogens (tertiary/aromatic N) is 5. The Balaban J connectivity index is 1.93. The predicted octanol–water partition coefficient (Wildman–Crippen LogP) is 0.632. The standard InChI is InChI=1S/C14H21ClFN5O9P2/c1-7-18-11(20(2)3)9-12(19-7)21(6-17-9)13-8(16)10(22)14(4-15,29-13)5-28-32(26,27)30-31(23,24)25/h6,8,10,13,22H,4-5H2,1-3H3,(H,26,27)(H2,23,24,25)/t8-,10+,13-,14-/m1/s1. The topological polar surface area (TPSA) is 190 Å². The van der Waals surface area contributed by atoms with Crippen LogP contribution in [0.15, 0.2) is 6.33 Å². The zero-order valence-corrected chi connectivity index (χ0v) is 19.5. The molecule has 3 rings (SSSR count). The zero-order chi connectivity index (χ0) is 24.1. The predicted molar refractivity (Wildman–Crippen MR) is 108 cm³/mol. The number of hydrogen-bond acceptors (Lipinski definition) is 10. The van der Waals surface area contributed by atoms with Crippen molar-refractivity contribution in [1.82, 2.24) is 19.5 Å². The lowest BCUT2D eigenvalue weighted by Gasteiger charge is -2.29. The SMILES string of the molecule is Cc1nc(N(C)C)c2ncn([C@@H]3O[C@](CCl)(COP(=O)(O)OP(=O)(O)O)[C@@H](O)[C@H]3F)c2n1. The normalized spacial score (nSPS) is 28.2. The Morgan fingerprint density at radius 1 is 1.34 bits per heavy atom. The van der Waals surface area contributed by atoms with Crippen LogP contribution >= 0.6 is 27.2 Å². The van der Waals surface area contributed by atoms with Gasteiger partial charge in [-0.15, -0.1) is 11.6 Å². The first-order chi connectivity index (χ1) is 14.7. The van der Waals surface area contributed by atoms with Crippen LogP contribution in [0.5, 0.6) is 0 Å². The van der Waals surface area contributed by atoms with Crippen LogP contribution in [-0.2, 0) is 22.7 Å². The summed E-state index contributed by atoms with van der Waals surface area (Å²) in [5.41, 5.74) is -1.53. The van der Waals surface area contributed by atoms with E-state index in [9.17, 15) is 19.1 Å². The van der Waals surface area contributed by atoms with Crippen molar-refractivity contribution in [3.8, 4) is 0 Å². The minimum atomic E-state index is -5.38. The van der Waals surface area contributed by atoms with Crippen molar-refractivity contribution >= 4 is 44.2 Å². The minimum absolute atomic E-state index is 0.199. The number of halogens is 2. The van der Waals surface area contributed by atoms with Gasteiger partial charge in [-0.3, -0.25) is 9.09 Å². The second kappa shape index (κ2) is 8.84. The Bertz CT molecular complexity index is 1100. The fourth-order valence-corrected chi connectivity index (χ4v) is 5.10. The van der Waals surface area contributed by atoms with Crippen LogP contribution in [0.2, 0.25) is 0 Å². The van der Waals surface area contributed by atoms with Gasteiger partial charge in [-0.2, -0.15) is 4.31 Å². The van der Waals surface area contributed by atoms with Crippen molar-refractivity contribution in [1.29, 1.82) is 0 Å². The number of alkyl halides is 2. The molecule has 2 aromatic rings. The smallest absolute Gasteiger partial charge is 0.387 e. The van der Waals surface area contributed by atoms with E-state index in [4.69, 9.17) is 26.1 Å². The van der Waals surface area contributed by atoms with Crippen LogP contribution < -0.4 is 4.90 Å². The summed E-state index contributed by atoms with van der Waals surface area (Å²) < 4.78 is 52.8. The molecule has 32 heavy (non-hydrogen) atoms. The first-order valence-corrected chi connectivity index (χ1v) is 12.4. The van der Waals surface area contributed by atoms with Gasteiger partial charge in [-0.1, -0.05) is 0 Å². The molecule has 0 spiro atoms. The van der Waals surface area contributed by atoms with Gasteiger partial charge in [0.05, 0.1) is 18.8 Å². The summed E-state index contributed by atoms with van der Waals surface area (Å²) in [4.78, 5) is 41.3. The summed E-state index contributed by atoms with van der Waals surface area (Å²) >= 11 is 5.87. The van der Waals surface area contributed by atoms with E-state index in [1.807, 2.05) is 0 Å². The summed E-state index contributed by atoms with van der Waals surface area (Å²) in [5.74, 6) is 0.215. The Hall–Kier alpha value is -1.25. The van der Waals surface area contributed by atoms with E-state index >= 15 is 4.39 Å². The molecule has 0 saturated carbocycles. The van der Waals surface area contributed by atoms with Crippen LogP contribution in [0.4, 0.5) is 10.2 Å². The fraction of sp³-hybridized carbons (Fsp3) is 0.643. The van der Waals surface area contributed by atoms with Gasteiger partial charge < -0.3 is 29.4 Å². The molecule has 18 heteroatoms. The number of anilines is 1. The largest absolute Gasteiger partial charge is 0.481 e. The van der Waals surface area contributed by atoms with Crippen molar-refractivity contribution in [2.24, 2.45) is 0 Å². The first kappa shape index (κ1) is 25.4. The van der Waals surface area contributed by atoms with Gasteiger partial charge >= 0.3 is 15.6 Å². The molecule has 180 valence electrons. The molecule has 5 atom stereocenters. The number of aromatic nitrogens is 4. The highest BCUT2D eigenvalue weighted by molar-refractivity contribution is 7.60. The lowest BCUT2D eigenvalue weighted by Crippen LogP contribution is -2.47. The molecule has 14 nitrogen and oxygen atoms in total. The molecular weight excluding hydrogens is 499 g/mol. The van der Waals surface area contributed by atoms with Crippen LogP contribution in [0.25, 0.3) is 11.2 Å². The van der Waals surface area contributed by atoms with Gasteiger partial charge in [0.25, 0.3) is 0 Å². The number of imidazole rings is 1. The van der Waals surface area contributed by atoms with Crippen molar-refractivity contribution in [3.05, 3.63) is 12.2 Å². The second-order valence-electron chi connectivity index (χ2n) is 7.22. The highest BCUT2D eigenvalue weighted by Gasteiger charge is 2.57. The monoisotopic (exact) mass is 519 g/mol. The van der Waals surface area contributed by atoms with Crippen molar-refractivity contribution in [2.75, 3.05) is 31.5 Å².